The van der Waals surface area contributed by atoms with Crippen LogP contribution >= 0.6 is 11.6 Å². The number of hydrogen-bond donors (Lipinski definition) is 2. The Labute approximate surface area is 159 Å². The summed E-state index contributed by atoms with van der Waals surface area (Å²) in [5.74, 6) is 0.541. The van der Waals surface area contributed by atoms with Crippen LogP contribution in [0.5, 0.6) is 0 Å². The highest BCUT2D eigenvalue weighted by Crippen LogP contribution is 2.37. The molecule has 0 fully saturated rings. The first kappa shape index (κ1) is 19.0. The summed E-state index contributed by atoms with van der Waals surface area (Å²) < 4.78 is 39.7. The summed E-state index contributed by atoms with van der Waals surface area (Å²) in [6, 6.07) is 14.8. The third-order valence-corrected chi connectivity index (χ3v) is 4.09. The fourth-order valence-electron chi connectivity index (χ4n) is 2.53. The standard InChI is InChI=1S/C19H16ClF3N4/c1-12(13-5-3-2-4-6-13)25-17-9-10-24-18(27-17)26-16-8-7-14(20)11-15(16)19(21,22)23/h2-12H,1H3,(H2,24,25,26,27). The highest BCUT2D eigenvalue weighted by Gasteiger charge is 2.34. The van der Waals surface area contributed by atoms with Crippen LogP contribution in [0.4, 0.5) is 30.6 Å². The molecular weight excluding hydrogens is 377 g/mol. The first-order valence-corrected chi connectivity index (χ1v) is 8.49. The number of nitrogens with one attached hydrogen (secondary N) is 2. The second-order valence-electron chi connectivity index (χ2n) is 5.85. The van der Waals surface area contributed by atoms with Crippen LogP contribution in [-0.2, 0) is 6.18 Å². The van der Waals surface area contributed by atoms with Crippen molar-refractivity contribution in [2.24, 2.45) is 0 Å². The summed E-state index contributed by atoms with van der Waals surface area (Å²) in [7, 11) is 0. The van der Waals surface area contributed by atoms with Gasteiger partial charge in [-0.15, -0.1) is 0 Å². The van der Waals surface area contributed by atoms with Crippen molar-refractivity contribution >= 4 is 29.1 Å². The quantitative estimate of drug-likeness (QED) is 0.553. The number of anilines is 3. The SMILES string of the molecule is CC(Nc1ccnc(Nc2ccc(Cl)cc2C(F)(F)F)n1)c1ccccc1. The van der Waals surface area contributed by atoms with Crippen LogP contribution in [0.3, 0.4) is 0 Å². The average Bonchev–Trinajstić information content (AvgIpc) is 2.63. The topological polar surface area (TPSA) is 49.8 Å². The molecule has 0 radical (unpaired) electrons. The van der Waals surface area contributed by atoms with E-state index in [-0.39, 0.29) is 22.7 Å². The molecular formula is C19H16ClF3N4. The highest BCUT2D eigenvalue weighted by atomic mass is 35.5. The van der Waals surface area contributed by atoms with E-state index in [1.54, 1.807) is 6.07 Å². The fourth-order valence-corrected chi connectivity index (χ4v) is 2.70. The van der Waals surface area contributed by atoms with Gasteiger partial charge in [0.05, 0.1) is 11.3 Å². The normalized spacial score (nSPS) is 12.5. The summed E-state index contributed by atoms with van der Waals surface area (Å²) >= 11 is 5.70. The molecule has 8 heteroatoms. The molecule has 1 unspecified atom stereocenters. The van der Waals surface area contributed by atoms with Gasteiger partial charge in [0.25, 0.3) is 0 Å². The van der Waals surface area contributed by atoms with Crippen LogP contribution < -0.4 is 10.6 Å². The van der Waals surface area contributed by atoms with Gasteiger partial charge >= 0.3 is 6.18 Å². The van der Waals surface area contributed by atoms with Crippen molar-refractivity contribution in [3.63, 3.8) is 0 Å². The van der Waals surface area contributed by atoms with Gasteiger partial charge in [-0.3, -0.25) is 0 Å². The predicted octanol–water partition coefficient (Wildman–Crippen LogP) is 6.07. The van der Waals surface area contributed by atoms with Gasteiger partial charge in [0.2, 0.25) is 5.95 Å². The molecule has 27 heavy (non-hydrogen) atoms. The zero-order valence-corrected chi connectivity index (χ0v) is 15.0. The number of aromatic nitrogens is 2. The number of nitrogens with zero attached hydrogens (tertiary/aromatic N) is 2. The van der Waals surface area contributed by atoms with Gasteiger partial charge in [-0.25, -0.2) is 4.98 Å². The summed E-state index contributed by atoms with van der Waals surface area (Å²) in [5, 5.41) is 5.82. The molecule has 0 saturated carbocycles. The lowest BCUT2D eigenvalue weighted by molar-refractivity contribution is -0.136. The minimum Gasteiger partial charge on any atom is -0.363 e. The van der Waals surface area contributed by atoms with Gasteiger partial charge in [0.15, 0.2) is 0 Å². The molecule has 0 aliphatic heterocycles. The smallest absolute Gasteiger partial charge is 0.363 e. The van der Waals surface area contributed by atoms with Gasteiger partial charge in [-0.1, -0.05) is 41.9 Å². The van der Waals surface area contributed by atoms with E-state index in [0.717, 1.165) is 11.6 Å². The molecule has 3 aromatic rings. The van der Waals surface area contributed by atoms with Crippen LogP contribution in [-0.4, -0.2) is 9.97 Å². The number of benzene rings is 2. The summed E-state index contributed by atoms with van der Waals surface area (Å²) in [6.07, 6.45) is -3.08. The van der Waals surface area contributed by atoms with E-state index in [1.807, 2.05) is 37.3 Å². The van der Waals surface area contributed by atoms with Crippen LogP contribution in [0, 0.1) is 0 Å². The summed E-state index contributed by atoms with van der Waals surface area (Å²) in [5.41, 5.74) is 0.0115. The van der Waals surface area contributed by atoms with Gasteiger partial charge in [-0.05, 0) is 36.8 Å². The van der Waals surface area contributed by atoms with Crippen molar-refractivity contribution in [3.05, 3.63) is 76.9 Å². The Morgan fingerprint density at radius 1 is 1.04 bits per heavy atom. The molecule has 0 amide bonds. The lowest BCUT2D eigenvalue weighted by atomic mass is 10.1. The third kappa shape index (κ3) is 4.89. The molecule has 1 atom stereocenters. The molecule has 0 saturated heterocycles. The molecule has 4 nitrogen and oxygen atoms in total. The molecule has 0 bridgehead atoms. The zero-order chi connectivity index (χ0) is 19.4. The lowest BCUT2D eigenvalue weighted by Gasteiger charge is -2.16. The maximum atomic E-state index is 13.2. The summed E-state index contributed by atoms with van der Waals surface area (Å²) in [6.45, 7) is 1.96. The molecule has 0 aliphatic rings. The lowest BCUT2D eigenvalue weighted by Crippen LogP contribution is -2.11. The first-order valence-electron chi connectivity index (χ1n) is 8.11. The minimum absolute atomic E-state index is 0.000830. The van der Waals surface area contributed by atoms with E-state index < -0.39 is 11.7 Å². The van der Waals surface area contributed by atoms with E-state index in [4.69, 9.17) is 11.6 Å². The van der Waals surface area contributed by atoms with Crippen molar-refractivity contribution in [2.75, 3.05) is 10.6 Å². The largest absolute Gasteiger partial charge is 0.418 e. The second kappa shape index (κ2) is 7.84. The zero-order valence-electron chi connectivity index (χ0n) is 14.3. The van der Waals surface area contributed by atoms with Crippen LogP contribution in [0.15, 0.2) is 60.8 Å². The molecule has 140 valence electrons. The molecule has 1 heterocycles. The Kier molecular flexibility index (Phi) is 5.51. The second-order valence-corrected chi connectivity index (χ2v) is 6.29. The van der Waals surface area contributed by atoms with E-state index in [2.05, 4.69) is 20.6 Å². The minimum atomic E-state index is -4.55. The number of hydrogen-bond acceptors (Lipinski definition) is 4. The van der Waals surface area contributed by atoms with E-state index in [1.165, 1.54) is 18.3 Å². The van der Waals surface area contributed by atoms with Gasteiger partial charge in [0, 0.05) is 17.3 Å². The van der Waals surface area contributed by atoms with Gasteiger partial charge in [-0.2, -0.15) is 18.2 Å². The molecule has 2 N–H and O–H groups in total. The van der Waals surface area contributed by atoms with Crippen molar-refractivity contribution < 1.29 is 13.2 Å². The molecule has 0 aliphatic carbocycles. The molecule has 1 aromatic heterocycles. The Morgan fingerprint density at radius 3 is 2.48 bits per heavy atom. The van der Waals surface area contributed by atoms with Gasteiger partial charge < -0.3 is 10.6 Å². The number of alkyl halides is 3. The maximum Gasteiger partial charge on any atom is 0.418 e. The van der Waals surface area contributed by atoms with Crippen molar-refractivity contribution in [3.8, 4) is 0 Å². The highest BCUT2D eigenvalue weighted by molar-refractivity contribution is 6.30. The van der Waals surface area contributed by atoms with Crippen molar-refractivity contribution in [2.45, 2.75) is 19.1 Å². The number of rotatable bonds is 5. The van der Waals surface area contributed by atoms with Crippen LogP contribution in [0.25, 0.3) is 0 Å². The summed E-state index contributed by atoms with van der Waals surface area (Å²) in [4.78, 5) is 8.24. The van der Waals surface area contributed by atoms with Crippen LogP contribution in [0.1, 0.15) is 24.1 Å². The Morgan fingerprint density at radius 2 is 1.78 bits per heavy atom. The molecule has 0 spiro atoms. The van der Waals surface area contributed by atoms with E-state index in [9.17, 15) is 13.2 Å². The average molecular weight is 393 g/mol. The third-order valence-electron chi connectivity index (χ3n) is 3.85. The Hall–Kier alpha value is -2.80. The molecule has 3 rings (SSSR count). The Bertz CT molecular complexity index is 916. The van der Waals surface area contributed by atoms with Crippen molar-refractivity contribution in [1.29, 1.82) is 0 Å². The predicted molar refractivity (Wildman–Crippen MR) is 100 cm³/mol. The van der Waals surface area contributed by atoms with Gasteiger partial charge in [0.1, 0.15) is 5.82 Å². The maximum absolute atomic E-state index is 13.2. The number of halogens is 4. The van der Waals surface area contributed by atoms with Crippen LogP contribution in [0.2, 0.25) is 5.02 Å². The first-order chi connectivity index (χ1) is 12.8. The molecule has 2 aromatic carbocycles. The van der Waals surface area contributed by atoms with E-state index >= 15 is 0 Å². The fraction of sp³-hybridized carbons (Fsp3) is 0.158. The monoisotopic (exact) mass is 392 g/mol. The van der Waals surface area contributed by atoms with Crippen molar-refractivity contribution in [1.82, 2.24) is 9.97 Å². The Balaban J connectivity index is 1.81. The van der Waals surface area contributed by atoms with E-state index in [0.29, 0.717) is 5.82 Å².